The van der Waals surface area contributed by atoms with Crippen molar-refractivity contribution in [1.29, 1.82) is 0 Å². The Morgan fingerprint density at radius 3 is 2.52 bits per heavy atom. The van der Waals surface area contributed by atoms with E-state index in [0.29, 0.717) is 16.9 Å². The van der Waals surface area contributed by atoms with E-state index in [4.69, 9.17) is 0 Å². The maximum atomic E-state index is 13.0. The molecule has 3 atom stereocenters. The van der Waals surface area contributed by atoms with Crippen molar-refractivity contribution in [2.45, 2.75) is 38.5 Å². The van der Waals surface area contributed by atoms with Crippen LogP contribution < -0.4 is 5.32 Å². The predicted molar refractivity (Wildman–Crippen MR) is 93.4 cm³/mol. The van der Waals surface area contributed by atoms with Crippen LogP contribution in [0.25, 0.3) is 5.65 Å². The van der Waals surface area contributed by atoms with Crippen molar-refractivity contribution < 1.29 is 23.0 Å². The SMILES string of the molecule is Cc1nc2c3c(ccn2c1C)C(OC(F)(F)F)C(O)C(c1ccccc1)N3. The van der Waals surface area contributed by atoms with Crippen molar-refractivity contribution in [3.63, 3.8) is 0 Å². The van der Waals surface area contributed by atoms with E-state index in [1.165, 1.54) is 6.07 Å². The summed E-state index contributed by atoms with van der Waals surface area (Å²) in [6.45, 7) is 3.72. The van der Waals surface area contributed by atoms with Crippen molar-refractivity contribution in [2.75, 3.05) is 5.32 Å². The van der Waals surface area contributed by atoms with Crippen molar-refractivity contribution in [3.05, 3.63) is 65.1 Å². The second-order valence-electron chi connectivity index (χ2n) is 6.63. The molecule has 8 heteroatoms. The first-order valence-electron chi connectivity index (χ1n) is 8.48. The van der Waals surface area contributed by atoms with E-state index in [0.717, 1.165) is 11.4 Å². The number of hydrogen-bond donors (Lipinski definition) is 2. The van der Waals surface area contributed by atoms with Gasteiger partial charge in [-0.2, -0.15) is 0 Å². The van der Waals surface area contributed by atoms with Crippen LogP contribution in [0.2, 0.25) is 0 Å². The van der Waals surface area contributed by atoms with Gasteiger partial charge in [0.2, 0.25) is 0 Å². The molecule has 3 unspecified atom stereocenters. The summed E-state index contributed by atoms with van der Waals surface area (Å²) < 4.78 is 45.3. The van der Waals surface area contributed by atoms with Crippen molar-refractivity contribution >= 4 is 11.3 Å². The van der Waals surface area contributed by atoms with E-state index in [-0.39, 0.29) is 5.56 Å². The van der Waals surface area contributed by atoms with Crippen LogP contribution in [-0.2, 0) is 4.74 Å². The molecule has 1 aromatic carbocycles. The molecular weight excluding hydrogens is 359 g/mol. The summed E-state index contributed by atoms with van der Waals surface area (Å²) in [6.07, 6.45) is -6.22. The first-order chi connectivity index (χ1) is 12.8. The highest BCUT2D eigenvalue weighted by Gasteiger charge is 2.44. The molecule has 0 saturated heterocycles. The van der Waals surface area contributed by atoms with Crippen LogP contribution in [0.5, 0.6) is 0 Å². The Kier molecular flexibility index (Phi) is 4.12. The standard InChI is InChI=1S/C19H18F3N3O2/c1-10-11(2)25-9-8-13-15(18(25)23-10)24-14(12-6-4-3-5-7-12)16(26)17(13)27-19(20,21)22/h3-9,14,16-17,24,26H,1-2H3. The fraction of sp³-hybridized carbons (Fsp3) is 0.316. The normalized spacial score (nSPS) is 22.5. The number of aliphatic hydroxyl groups excluding tert-OH is 1. The number of aryl methyl sites for hydroxylation is 2. The average molecular weight is 377 g/mol. The summed E-state index contributed by atoms with van der Waals surface area (Å²) in [4.78, 5) is 4.49. The highest BCUT2D eigenvalue weighted by atomic mass is 19.4. The largest absolute Gasteiger partial charge is 0.523 e. The summed E-state index contributed by atoms with van der Waals surface area (Å²) in [5.74, 6) is 0. The number of halogens is 3. The smallest absolute Gasteiger partial charge is 0.388 e. The van der Waals surface area contributed by atoms with Crippen molar-refractivity contribution in [1.82, 2.24) is 9.38 Å². The lowest BCUT2D eigenvalue weighted by atomic mass is 9.89. The molecule has 3 aromatic rings. The topological polar surface area (TPSA) is 58.8 Å². The molecule has 1 aliphatic rings. The minimum atomic E-state index is -4.88. The van der Waals surface area contributed by atoms with Gasteiger partial charge in [0, 0.05) is 17.5 Å². The van der Waals surface area contributed by atoms with Gasteiger partial charge in [0.1, 0.15) is 12.2 Å². The number of benzene rings is 1. The number of imidazole rings is 1. The van der Waals surface area contributed by atoms with Crippen LogP contribution in [0, 0.1) is 13.8 Å². The molecule has 4 rings (SSSR count). The Morgan fingerprint density at radius 2 is 1.85 bits per heavy atom. The molecule has 0 saturated carbocycles. The van der Waals surface area contributed by atoms with E-state index in [2.05, 4.69) is 15.0 Å². The highest BCUT2D eigenvalue weighted by molar-refractivity contribution is 5.75. The Morgan fingerprint density at radius 1 is 1.15 bits per heavy atom. The molecule has 142 valence electrons. The number of nitrogens with zero attached hydrogens (tertiary/aromatic N) is 2. The number of pyridine rings is 1. The van der Waals surface area contributed by atoms with Gasteiger partial charge in [-0.25, -0.2) is 4.98 Å². The molecular formula is C19H18F3N3O2. The van der Waals surface area contributed by atoms with Gasteiger partial charge in [0.05, 0.1) is 17.4 Å². The van der Waals surface area contributed by atoms with E-state index >= 15 is 0 Å². The van der Waals surface area contributed by atoms with Crippen LogP contribution in [0.3, 0.4) is 0 Å². The summed E-state index contributed by atoms with van der Waals surface area (Å²) in [5.41, 5.74) is 3.50. The van der Waals surface area contributed by atoms with E-state index < -0.39 is 24.6 Å². The maximum absolute atomic E-state index is 13.0. The van der Waals surface area contributed by atoms with Crippen molar-refractivity contribution in [3.8, 4) is 0 Å². The number of alkyl halides is 3. The quantitative estimate of drug-likeness (QED) is 0.707. The minimum absolute atomic E-state index is 0.226. The zero-order chi connectivity index (χ0) is 19.3. The van der Waals surface area contributed by atoms with E-state index in [1.54, 1.807) is 36.5 Å². The van der Waals surface area contributed by atoms with Gasteiger partial charge in [-0.1, -0.05) is 30.3 Å². The third kappa shape index (κ3) is 3.04. The number of ether oxygens (including phenoxy) is 1. The van der Waals surface area contributed by atoms with Crippen LogP contribution in [0.15, 0.2) is 42.6 Å². The third-order valence-electron chi connectivity index (χ3n) is 4.98. The van der Waals surface area contributed by atoms with Gasteiger partial charge < -0.3 is 14.8 Å². The lowest BCUT2D eigenvalue weighted by molar-refractivity contribution is -0.354. The number of aliphatic hydroxyl groups is 1. The van der Waals surface area contributed by atoms with E-state index in [9.17, 15) is 18.3 Å². The minimum Gasteiger partial charge on any atom is -0.388 e. The molecule has 0 fully saturated rings. The Balaban J connectivity index is 1.90. The van der Waals surface area contributed by atoms with Crippen LogP contribution in [0.4, 0.5) is 18.9 Å². The van der Waals surface area contributed by atoms with Crippen LogP contribution in [-0.4, -0.2) is 27.0 Å². The van der Waals surface area contributed by atoms with Gasteiger partial charge >= 0.3 is 6.36 Å². The number of fused-ring (bicyclic) bond motifs is 3. The number of nitrogens with one attached hydrogen (secondary N) is 1. The summed E-state index contributed by atoms with van der Waals surface area (Å²) in [5, 5.41) is 13.9. The fourth-order valence-corrected chi connectivity index (χ4v) is 3.56. The van der Waals surface area contributed by atoms with Gasteiger partial charge in [0.15, 0.2) is 5.65 Å². The highest BCUT2D eigenvalue weighted by Crippen LogP contribution is 2.45. The molecule has 0 amide bonds. The second kappa shape index (κ2) is 6.24. The molecule has 0 spiro atoms. The molecule has 5 nitrogen and oxygen atoms in total. The molecule has 0 bridgehead atoms. The fourth-order valence-electron chi connectivity index (χ4n) is 3.56. The van der Waals surface area contributed by atoms with E-state index in [1.807, 2.05) is 18.2 Å². The first-order valence-corrected chi connectivity index (χ1v) is 8.48. The van der Waals surface area contributed by atoms with Gasteiger partial charge in [0.25, 0.3) is 0 Å². The van der Waals surface area contributed by atoms with Gasteiger partial charge in [-0.15, -0.1) is 13.2 Å². The van der Waals surface area contributed by atoms with Crippen LogP contribution >= 0.6 is 0 Å². The number of rotatable bonds is 2. The average Bonchev–Trinajstić information content (AvgIpc) is 2.91. The van der Waals surface area contributed by atoms with Crippen molar-refractivity contribution in [2.24, 2.45) is 0 Å². The molecule has 0 aliphatic carbocycles. The molecule has 3 heterocycles. The summed E-state index contributed by atoms with van der Waals surface area (Å²) in [6, 6.07) is 9.60. The number of anilines is 1. The first kappa shape index (κ1) is 17.8. The Hall–Kier alpha value is -2.58. The van der Waals surface area contributed by atoms with Crippen LogP contribution in [0.1, 0.15) is 34.7 Å². The predicted octanol–water partition coefficient (Wildman–Crippen LogP) is 4.06. The molecule has 2 N–H and O–H groups in total. The molecule has 2 aromatic heterocycles. The lowest BCUT2D eigenvalue weighted by Crippen LogP contribution is -2.39. The third-order valence-corrected chi connectivity index (χ3v) is 4.98. The Labute approximate surface area is 153 Å². The monoisotopic (exact) mass is 377 g/mol. The van der Waals surface area contributed by atoms with Gasteiger partial charge in [-0.3, -0.25) is 4.74 Å². The molecule has 1 aliphatic heterocycles. The second-order valence-corrected chi connectivity index (χ2v) is 6.63. The zero-order valence-corrected chi connectivity index (χ0v) is 14.7. The molecule has 27 heavy (non-hydrogen) atoms. The lowest BCUT2D eigenvalue weighted by Gasteiger charge is -2.38. The number of hydrogen-bond acceptors (Lipinski definition) is 4. The van der Waals surface area contributed by atoms with Gasteiger partial charge in [-0.05, 0) is 25.5 Å². The summed E-state index contributed by atoms with van der Waals surface area (Å²) >= 11 is 0. The maximum Gasteiger partial charge on any atom is 0.523 e. The zero-order valence-electron chi connectivity index (χ0n) is 14.7. The number of aromatic nitrogens is 2. The summed E-state index contributed by atoms with van der Waals surface area (Å²) in [7, 11) is 0. The molecule has 0 radical (unpaired) electrons. The Bertz CT molecular complexity index is 985.